The van der Waals surface area contributed by atoms with Gasteiger partial charge in [0.25, 0.3) is 0 Å². The molecule has 0 radical (unpaired) electrons. The molecule has 0 saturated carbocycles. The fourth-order valence-corrected chi connectivity index (χ4v) is 1.84. The first kappa shape index (κ1) is 13.2. The summed E-state index contributed by atoms with van der Waals surface area (Å²) in [6.07, 6.45) is 0. The molecular formula is C9H21ClN2O. The van der Waals surface area contributed by atoms with Crippen LogP contribution in [0.4, 0.5) is 0 Å². The molecule has 0 amide bonds. The van der Waals surface area contributed by atoms with E-state index in [-0.39, 0.29) is 12.4 Å². The van der Waals surface area contributed by atoms with E-state index in [0.717, 1.165) is 26.2 Å². The predicted octanol–water partition coefficient (Wildman–Crippen LogP) is 0.737. The molecular weight excluding hydrogens is 188 g/mol. The van der Waals surface area contributed by atoms with Gasteiger partial charge in [0.2, 0.25) is 0 Å². The minimum absolute atomic E-state index is 0. The molecule has 0 unspecified atom stereocenters. The third-order valence-corrected chi connectivity index (χ3v) is 2.24. The first-order valence-electron chi connectivity index (χ1n) is 4.69. The summed E-state index contributed by atoms with van der Waals surface area (Å²) in [5, 5.41) is 3.50. The van der Waals surface area contributed by atoms with E-state index in [4.69, 9.17) is 4.74 Å². The third kappa shape index (κ3) is 4.81. The Bertz CT molecular complexity index is 125. The van der Waals surface area contributed by atoms with Crippen LogP contribution in [0.1, 0.15) is 13.8 Å². The number of hydrogen-bond donors (Lipinski definition) is 1. The first-order valence-corrected chi connectivity index (χ1v) is 4.69. The Morgan fingerprint density at radius 3 is 2.31 bits per heavy atom. The Kier molecular flexibility index (Phi) is 6.68. The van der Waals surface area contributed by atoms with Crippen LogP contribution < -0.4 is 5.32 Å². The van der Waals surface area contributed by atoms with Gasteiger partial charge in [0.05, 0.1) is 6.61 Å². The highest BCUT2D eigenvalue weighted by atomic mass is 35.5. The molecule has 1 fully saturated rings. The summed E-state index contributed by atoms with van der Waals surface area (Å²) in [5.74, 6) is 0. The Morgan fingerprint density at radius 2 is 1.85 bits per heavy atom. The quantitative estimate of drug-likeness (QED) is 0.741. The lowest BCUT2D eigenvalue weighted by Crippen LogP contribution is -2.54. The molecule has 2 atom stereocenters. The number of nitrogens with one attached hydrogen (secondary N) is 1. The van der Waals surface area contributed by atoms with Gasteiger partial charge in [0, 0.05) is 38.8 Å². The number of rotatable bonds is 3. The summed E-state index contributed by atoms with van der Waals surface area (Å²) in [4.78, 5) is 2.45. The average Bonchev–Trinajstić information content (AvgIpc) is 1.99. The molecule has 0 aromatic heterocycles. The van der Waals surface area contributed by atoms with E-state index in [2.05, 4.69) is 24.1 Å². The van der Waals surface area contributed by atoms with Crippen LogP contribution in [-0.4, -0.2) is 50.3 Å². The van der Waals surface area contributed by atoms with Crippen molar-refractivity contribution in [2.24, 2.45) is 0 Å². The molecule has 4 heteroatoms. The SMILES string of the molecule is COCCN1C[C@@H](C)N[C@@H](C)C1.Cl. The summed E-state index contributed by atoms with van der Waals surface area (Å²) in [5.41, 5.74) is 0. The molecule has 80 valence electrons. The number of hydrogen-bond acceptors (Lipinski definition) is 3. The fourth-order valence-electron chi connectivity index (χ4n) is 1.84. The maximum atomic E-state index is 5.05. The van der Waals surface area contributed by atoms with E-state index in [1.807, 2.05) is 0 Å². The number of ether oxygens (including phenoxy) is 1. The van der Waals surface area contributed by atoms with Crippen molar-refractivity contribution in [3.8, 4) is 0 Å². The number of piperazine rings is 1. The molecule has 0 aliphatic carbocycles. The zero-order chi connectivity index (χ0) is 8.97. The molecule has 0 aromatic carbocycles. The van der Waals surface area contributed by atoms with Gasteiger partial charge < -0.3 is 10.1 Å². The highest BCUT2D eigenvalue weighted by molar-refractivity contribution is 5.85. The van der Waals surface area contributed by atoms with Crippen LogP contribution in [-0.2, 0) is 4.74 Å². The zero-order valence-electron chi connectivity index (χ0n) is 8.75. The number of halogens is 1. The smallest absolute Gasteiger partial charge is 0.0589 e. The van der Waals surface area contributed by atoms with Gasteiger partial charge in [-0.15, -0.1) is 12.4 Å². The molecule has 3 nitrogen and oxygen atoms in total. The van der Waals surface area contributed by atoms with Crippen molar-refractivity contribution >= 4 is 12.4 Å². The minimum Gasteiger partial charge on any atom is -0.383 e. The monoisotopic (exact) mass is 208 g/mol. The largest absolute Gasteiger partial charge is 0.383 e. The van der Waals surface area contributed by atoms with Crippen LogP contribution in [0.25, 0.3) is 0 Å². The molecule has 0 aromatic rings. The standard InChI is InChI=1S/C9H20N2O.ClH/c1-8-6-11(4-5-12-3)7-9(2)10-8;/h8-10H,4-7H2,1-3H3;1H/t8-,9+;. The van der Waals surface area contributed by atoms with Crippen molar-refractivity contribution in [3.63, 3.8) is 0 Å². The van der Waals surface area contributed by atoms with Crippen LogP contribution >= 0.6 is 12.4 Å². The van der Waals surface area contributed by atoms with Crippen LogP contribution in [0.3, 0.4) is 0 Å². The van der Waals surface area contributed by atoms with Gasteiger partial charge in [0.1, 0.15) is 0 Å². The van der Waals surface area contributed by atoms with Gasteiger partial charge in [-0.2, -0.15) is 0 Å². The van der Waals surface area contributed by atoms with Crippen LogP contribution in [0.5, 0.6) is 0 Å². The first-order chi connectivity index (χ1) is 5.72. The van der Waals surface area contributed by atoms with Crippen LogP contribution in [0, 0.1) is 0 Å². The minimum atomic E-state index is 0. The predicted molar refractivity (Wildman–Crippen MR) is 57.6 cm³/mol. The fraction of sp³-hybridized carbons (Fsp3) is 1.00. The number of methoxy groups -OCH3 is 1. The summed E-state index contributed by atoms with van der Waals surface area (Å²) in [6, 6.07) is 1.23. The maximum absolute atomic E-state index is 5.05. The van der Waals surface area contributed by atoms with E-state index in [9.17, 15) is 0 Å². The summed E-state index contributed by atoms with van der Waals surface area (Å²) in [7, 11) is 1.76. The van der Waals surface area contributed by atoms with Gasteiger partial charge in [-0.1, -0.05) is 0 Å². The van der Waals surface area contributed by atoms with Crippen molar-refractivity contribution in [2.75, 3.05) is 33.4 Å². The van der Waals surface area contributed by atoms with E-state index < -0.39 is 0 Å². The van der Waals surface area contributed by atoms with E-state index >= 15 is 0 Å². The molecule has 0 spiro atoms. The van der Waals surface area contributed by atoms with Crippen LogP contribution in [0.2, 0.25) is 0 Å². The van der Waals surface area contributed by atoms with Crippen molar-refractivity contribution in [1.29, 1.82) is 0 Å². The van der Waals surface area contributed by atoms with Gasteiger partial charge in [-0.25, -0.2) is 0 Å². The van der Waals surface area contributed by atoms with Crippen molar-refractivity contribution in [1.82, 2.24) is 10.2 Å². The van der Waals surface area contributed by atoms with Crippen molar-refractivity contribution in [2.45, 2.75) is 25.9 Å². The maximum Gasteiger partial charge on any atom is 0.0589 e. The summed E-state index contributed by atoms with van der Waals surface area (Å²) < 4.78 is 5.05. The van der Waals surface area contributed by atoms with Gasteiger partial charge in [-0.3, -0.25) is 4.90 Å². The Hall–Kier alpha value is 0.170. The lowest BCUT2D eigenvalue weighted by Gasteiger charge is -2.35. The molecule has 1 saturated heterocycles. The van der Waals surface area contributed by atoms with Gasteiger partial charge >= 0.3 is 0 Å². The zero-order valence-corrected chi connectivity index (χ0v) is 9.56. The topological polar surface area (TPSA) is 24.5 Å². The highest BCUT2D eigenvalue weighted by Gasteiger charge is 2.19. The summed E-state index contributed by atoms with van der Waals surface area (Å²) in [6.45, 7) is 8.67. The van der Waals surface area contributed by atoms with Gasteiger partial charge in [-0.05, 0) is 13.8 Å². The van der Waals surface area contributed by atoms with Gasteiger partial charge in [0.15, 0.2) is 0 Å². The second-order valence-corrected chi connectivity index (χ2v) is 3.72. The number of nitrogens with zero attached hydrogens (tertiary/aromatic N) is 1. The Balaban J connectivity index is 0.00000144. The van der Waals surface area contributed by atoms with E-state index in [1.54, 1.807) is 7.11 Å². The van der Waals surface area contributed by atoms with Crippen LogP contribution in [0.15, 0.2) is 0 Å². The molecule has 1 N–H and O–H groups in total. The Labute approximate surface area is 87.2 Å². The molecule has 13 heavy (non-hydrogen) atoms. The Morgan fingerprint density at radius 1 is 1.31 bits per heavy atom. The molecule has 0 bridgehead atoms. The van der Waals surface area contributed by atoms with Crippen molar-refractivity contribution < 1.29 is 4.74 Å². The van der Waals surface area contributed by atoms with E-state index in [1.165, 1.54) is 0 Å². The van der Waals surface area contributed by atoms with Crippen molar-refractivity contribution in [3.05, 3.63) is 0 Å². The summed E-state index contributed by atoms with van der Waals surface area (Å²) >= 11 is 0. The molecule has 1 heterocycles. The third-order valence-electron chi connectivity index (χ3n) is 2.24. The van der Waals surface area contributed by atoms with E-state index in [0.29, 0.717) is 12.1 Å². The lowest BCUT2D eigenvalue weighted by molar-refractivity contribution is 0.115. The normalized spacial score (nSPS) is 29.8. The highest BCUT2D eigenvalue weighted by Crippen LogP contribution is 2.02. The second kappa shape index (κ2) is 6.60. The molecule has 1 aliphatic rings. The lowest BCUT2D eigenvalue weighted by atomic mass is 10.1. The second-order valence-electron chi connectivity index (χ2n) is 3.72. The molecule has 1 rings (SSSR count). The average molecular weight is 209 g/mol. The molecule has 1 aliphatic heterocycles.